The molecule has 24 heavy (non-hydrogen) atoms. The van der Waals surface area contributed by atoms with E-state index in [2.05, 4.69) is 4.98 Å². The molecule has 0 radical (unpaired) electrons. The van der Waals surface area contributed by atoms with Gasteiger partial charge in [-0.05, 0) is 24.6 Å². The maximum Gasteiger partial charge on any atom is 0.308 e. The Morgan fingerprint density at radius 2 is 2.12 bits per heavy atom. The lowest BCUT2D eigenvalue weighted by Gasteiger charge is -2.13. The highest BCUT2D eigenvalue weighted by atomic mass is 32.1. The summed E-state index contributed by atoms with van der Waals surface area (Å²) >= 11 is 1.29. The van der Waals surface area contributed by atoms with Gasteiger partial charge >= 0.3 is 5.97 Å². The van der Waals surface area contributed by atoms with E-state index in [-0.39, 0.29) is 19.2 Å². The van der Waals surface area contributed by atoms with Gasteiger partial charge in [0.25, 0.3) is 5.91 Å². The number of amides is 1. The second-order valence-electron chi connectivity index (χ2n) is 5.67. The number of ether oxygens (including phenoxy) is 2. The fourth-order valence-corrected chi connectivity index (χ4v) is 3.72. The molecule has 0 aliphatic carbocycles. The highest BCUT2D eigenvalue weighted by Crippen LogP contribution is 2.37. The number of thiazole rings is 1. The lowest BCUT2D eigenvalue weighted by atomic mass is 10.1. The number of aromatic nitrogens is 1. The minimum Gasteiger partial charge on any atom is -0.481 e. The minimum atomic E-state index is -0.851. The summed E-state index contributed by atoms with van der Waals surface area (Å²) in [7, 11) is 0. The number of likely N-dealkylation sites (tertiary alicyclic amines) is 1. The molecule has 2 aliphatic rings. The molecule has 3 heterocycles. The van der Waals surface area contributed by atoms with Crippen LogP contribution in [0.4, 0.5) is 0 Å². The highest BCUT2D eigenvalue weighted by Gasteiger charge is 2.32. The van der Waals surface area contributed by atoms with Crippen LogP contribution >= 0.6 is 11.3 Å². The van der Waals surface area contributed by atoms with Crippen LogP contribution in [0.25, 0.3) is 10.6 Å². The monoisotopic (exact) mass is 346 g/mol. The molecule has 1 atom stereocenters. The SMILES string of the molecule is O=C(O)[C@H]1CCN(C(=O)c2cnc(-c3ccc4c(c3)OCO4)s2)C1. The number of rotatable bonds is 3. The minimum absolute atomic E-state index is 0.164. The maximum atomic E-state index is 12.5. The van der Waals surface area contributed by atoms with Gasteiger partial charge in [-0.3, -0.25) is 9.59 Å². The molecule has 0 spiro atoms. The Hall–Kier alpha value is -2.61. The molecule has 1 saturated heterocycles. The number of carbonyl (C=O) groups is 2. The van der Waals surface area contributed by atoms with Crippen molar-refractivity contribution in [2.75, 3.05) is 19.9 Å². The Balaban J connectivity index is 1.53. The van der Waals surface area contributed by atoms with Crippen molar-refractivity contribution >= 4 is 23.2 Å². The van der Waals surface area contributed by atoms with Gasteiger partial charge in [-0.25, -0.2) is 4.98 Å². The Labute approximate surface area is 141 Å². The van der Waals surface area contributed by atoms with Gasteiger partial charge < -0.3 is 19.5 Å². The molecule has 4 rings (SSSR count). The van der Waals surface area contributed by atoms with Gasteiger partial charge in [0.2, 0.25) is 6.79 Å². The van der Waals surface area contributed by atoms with Crippen LogP contribution in [0.1, 0.15) is 16.1 Å². The summed E-state index contributed by atoms with van der Waals surface area (Å²) in [6.07, 6.45) is 2.04. The zero-order valence-electron chi connectivity index (χ0n) is 12.6. The molecule has 7 nitrogen and oxygen atoms in total. The van der Waals surface area contributed by atoms with Crippen molar-refractivity contribution in [1.82, 2.24) is 9.88 Å². The van der Waals surface area contributed by atoms with Gasteiger partial charge in [-0.15, -0.1) is 11.3 Å². The van der Waals surface area contributed by atoms with Gasteiger partial charge in [-0.1, -0.05) is 0 Å². The van der Waals surface area contributed by atoms with E-state index in [4.69, 9.17) is 14.6 Å². The molecule has 0 saturated carbocycles. The number of fused-ring (bicyclic) bond motifs is 1. The molecule has 0 unspecified atom stereocenters. The number of carboxylic acid groups (broad SMARTS) is 1. The Morgan fingerprint density at radius 3 is 2.92 bits per heavy atom. The van der Waals surface area contributed by atoms with E-state index < -0.39 is 11.9 Å². The molecule has 1 aromatic heterocycles. The first kappa shape index (κ1) is 14.9. The van der Waals surface area contributed by atoms with Crippen molar-refractivity contribution in [3.63, 3.8) is 0 Å². The molecule has 1 amide bonds. The van der Waals surface area contributed by atoms with E-state index in [0.717, 1.165) is 5.56 Å². The number of carboxylic acids is 1. The number of nitrogens with zero attached hydrogens (tertiary/aromatic N) is 2. The van der Waals surface area contributed by atoms with Gasteiger partial charge in [0.05, 0.1) is 12.1 Å². The van der Waals surface area contributed by atoms with Crippen molar-refractivity contribution in [2.24, 2.45) is 5.92 Å². The maximum absolute atomic E-state index is 12.5. The molecule has 0 bridgehead atoms. The van der Waals surface area contributed by atoms with Crippen LogP contribution < -0.4 is 9.47 Å². The van der Waals surface area contributed by atoms with Crippen LogP contribution in [0.15, 0.2) is 24.4 Å². The summed E-state index contributed by atoms with van der Waals surface area (Å²) in [6, 6.07) is 5.53. The largest absolute Gasteiger partial charge is 0.481 e. The number of hydrogen-bond donors (Lipinski definition) is 1. The standard InChI is InChI=1S/C16H14N2O5S/c19-15(18-4-3-10(7-18)16(20)21)13-6-17-14(24-13)9-1-2-11-12(5-9)23-8-22-11/h1-2,5-6,10H,3-4,7-8H2,(H,20,21)/t10-/m0/s1. The second kappa shape index (κ2) is 5.79. The normalized spacial score (nSPS) is 18.8. The molecule has 8 heteroatoms. The summed E-state index contributed by atoms with van der Waals surface area (Å²) in [5.74, 6) is -0.128. The van der Waals surface area contributed by atoms with Crippen molar-refractivity contribution in [3.05, 3.63) is 29.3 Å². The lowest BCUT2D eigenvalue weighted by Crippen LogP contribution is -2.29. The van der Waals surface area contributed by atoms with E-state index in [1.54, 1.807) is 11.1 Å². The van der Waals surface area contributed by atoms with Gasteiger partial charge in [0.15, 0.2) is 11.5 Å². The number of benzene rings is 1. The Morgan fingerprint density at radius 1 is 1.29 bits per heavy atom. The van der Waals surface area contributed by atoms with E-state index in [9.17, 15) is 9.59 Å². The summed E-state index contributed by atoms with van der Waals surface area (Å²) in [5, 5.41) is 9.76. The van der Waals surface area contributed by atoms with Gasteiger partial charge in [0.1, 0.15) is 9.88 Å². The molecular weight excluding hydrogens is 332 g/mol. The van der Waals surface area contributed by atoms with Crippen molar-refractivity contribution < 1.29 is 24.2 Å². The predicted molar refractivity (Wildman–Crippen MR) is 85.3 cm³/mol. The molecule has 124 valence electrons. The smallest absolute Gasteiger partial charge is 0.308 e. The van der Waals surface area contributed by atoms with Crippen LogP contribution in [0.3, 0.4) is 0 Å². The average Bonchev–Trinajstić information content (AvgIpc) is 3.31. The average molecular weight is 346 g/mol. The summed E-state index contributed by atoms with van der Waals surface area (Å²) in [4.78, 5) is 29.9. The van der Waals surface area contributed by atoms with Gasteiger partial charge in [0, 0.05) is 18.7 Å². The lowest BCUT2D eigenvalue weighted by molar-refractivity contribution is -0.141. The third kappa shape index (κ3) is 2.58. The van der Waals surface area contributed by atoms with Crippen LogP contribution in [0.2, 0.25) is 0 Å². The quantitative estimate of drug-likeness (QED) is 0.915. The molecular formula is C16H14N2O5S. The first-order valence-corrected chi connectivity index (χ1v) is 8.31. The number of hydrogen-bond acceptors (Lipinski definition) is 6. The Kier molecular flexibility index (Phi) is 3.61. The molecule has 2 aromatic rings. The second-order valence-corrected chi connectivity index (χ2v) is 6.70. The molecule has 2 aliphatic heterocycles. The third-order valence-corrected chi connectivity index (χ3v) is 5.20. The van der Waals surface area contributed by atoms with Crippen LogP contribution in [0.5, 0.6) is 11.5 Å². The first-order chi connectivity index (χ1) is 11.6. The van der Waals surface area contributed by atoms with E-state index >= 15 is 0 Å². The van der Waals surface area contributed by atoms with Crippen molar-refractivity contribution in [1.29, 1.82) is 0 Å². The summed E-state index contributed by atoms with van der Waals surface area (Å²) in [6.45, 7) is 0.929. The fourth-order valence-electron chi connectivity index (χ4n) is 2.84. The molecule has 1 aromatic carbocycles. The third-order valence-electron chi connectivity index (χ3n) is 4.16. The van der Waals surface area contributed by atoms with Crippen LogP contribution in [-0.4, -0.2) is 46.7 Å². The summed E-state index contributed by atoms with van der Waals surface area (Å²) in [5.41, 5.74) is 0.855. The number of aliphatic carboxylic acids is 1. The van der Waals surface area contributed by atoms with Crippen LogP contribution in [0, 0.1) is 5.92 Å². The Bertz CT molecular complexity index is 819. The highest BCUT2D eigenvalue weighted by molar-refractivity contribution is 7.16. The summed E-state index contributed by atoms with van der Waals surface area (Å²) < 4.78 is 10.6. The first-order valence-electron chi connectivity index (χ1n) is 7.50. The van der Waals surface area contributed by atoms with E-state index in [0.29, 0.717) is 34.3 Å². The zero-order valence-corrected chi connectivity index (χ0v) is 13.4. The molecule has 1 fully saturated rings. The van der Waals surface area contributed by atoms with Crippen molar-refractivity contribution in [3.8, 4) is 22.1 Å². The zero-order chi connectivity index (χ0) is 16.7. The van der Waals surface area contributed by atoms with E-state index in [1.807, 2.05) is 18.2 Å². The van der Waals surface area contributed by atoms with E-state index in [1.165, 1.54) is 11.3 Å². The van der Waals surface area contributed by atoms with Gasteiger partial charge in [-0.2, -0.15) is 0 Å². The van der Waals surface area contributed by atoms with Crippen LogP contribution in [-0.2, 0) is 4.79 Å². The topological polar surface area (TPSA) is 89.0 Å². The fraction of sp³-hybridized carbons (Fsp3) is 0.312. The number of carbonyl (C=O) groups excluding carboxylic acids is 1. The predicted octanol–water partition coefficient (Wildman–Crippen LogP) is 2.09. The molecule has 1 N–H and O–H groups in total. The van der Waals surface area contributed by atoms with Crippen molar-refractivity contribution in [2.45, 2.75) is 6.42 Å².